The largest absolute Gasteiger partial charge is 0.362 e. The second-order valence-electron chi connectivity index (χ2n) is 3.98. The number of ether oxygens (including phenoxy) is 1. The van der Waals surface area contributed by atoms with Crippen molar-refractivity contribution in [2.75, 3.05) is 20.3 Å². The third kappa shape index (κ3) is 2.56. The minimum absolute atomic E-state index is 0.431. The molecule has 2 heteroatoms. The monoisotopic (exact) mass is 191 g/mol. The number of rotatable bonds is 3. The van der Waals surface area contributed by atoms with Crippen molar-refractivity contribution in [1.82, 2.24) is 4.90 Å². The first-order valence-electron chi connectivity index (χ1n) is 5.18. The van der Waals surface area contributed by atoms with Crippen molar-refractivity contribution in [2.24, 2.45) is 0 Å². The van der Waals surface area contributed by atoms with Gasteiger partial charge in [0.2, 0.25) is 0 Å². The molecule has 1 aliphatic heterocycles. The van der Waals surface area contributed by atoms with E-state index in [-0.39, 0.29) is 0 Å². The standard InChI is InChI=1S/C12H17NO/c1-13-9-12(14-10-13)8-7-11-5-3-2-4-6-11/h2-6,12H,7-10H2,1H3. The van der Waals surface area contributed by atoms with Gasteiger partial charge in [-0.05, 0) is 25.5 Å². The molecule has 1 aromatic carbocycles. The van der Waals surface area contributed by atoms with Crippen LogP contribution in [0, 0.1) is 0 Å². The number of hydrogen-bond donors (Lipinski definition) is 0. The molecule has 0 bridgehead atoms. The van der Waals surface area contributed by atoms with Gasteiger partial charge in [-0.2, -0.15) is 0 Å². The molecular weight excluding hydrogens is 174 g/mol. The average Bonchev–Trinajstić information content (AvgIpc) is 2.63. The Morgan fingerprint density at radius 3 is 2.79 bits per heavy atom. The van der Waals surface area contributed by atoms with Crippen molar-refractivity contribution < 1.29 is 4.74 Å². The van der Waals surface area contributed by atoms with Gasteiger partial charge in [-0.1, -0.05) is 30.3 Å². The molecule has 1 heterocycles. The summed E-state index contributed by atoms with van der Waals surface area (Å²) in [5.74, 6) is 0. The SMILES string of the molecule is CN1COC(CCc2ccccc2)C1. The van der Waals surface area contributed by atoms with Crippen molar-refractivity contribution in [3.8, 4) is 0 Å². The maximum Gasteiger partial charge on any atom is 0.0993 e. The molecule has 1 aliphatic rings. The lowest BCUT2D eigenvalue weighted by atomic mass is 10.1. The van der Waals surface area contributed by atoms with Crippen molar-refractivity contribution in [3.05, 3.63) is 35.9 Å². The predicted molar refractivity (Wildman–Crippen MR) is 57.1 cm³/mol. The van der Waals surface area contributed by atoms with Crippen LogP contribution in [-0.2, 0) is 11.2 Å². The Bertz CT molecular complexity index is 273. The van der Waals surface area contributed by atoms with E-state index in [1.807, 2.05) is 0 Å². The van der Waals surface area contributed by atoms with Crippen LogP contribution in [0.15, 0.2) is 30.3 Å². The van der Waals surface area contributed by atoms with Crippen molar-refractivity contribution in [3.63, 3.8) is 0 Å². The molecule has 0 N–H and O–H groups in total. The molecular formula is C12H17NO. The second-order valence-corrected chi connectivity index (χ2v) is 3.98. The molecule has 14 heavy (non-hydrogen) atoms. The summed E-state index contributed by atoms with van der Waals surface area (Å²) < 4.78 is 5.61. The summed E-state index contributed by atoms with van der Waals surface area (Å²) in [5, 5.41) is 0. The highest BCUT2D eigenvalue weighted by Gasteiger charge is 2.19. The third-order valence-electron chi connectivity index (χ3n) is 2.64. The lowest BCUT2D eigenvalue weighted by molar-refractivity contribution is 0.0904. The summed E-state index contributed by atoms with van der Waals surface area (Å²) in [6.07, 6.45) is 2.69. The highest BCUT2D eigenvalue weighted by Crippen LogP contribution is 2.12. The fraction of sp³-hybridized carbons (Fsp3) is 0.500. The maximum absolute atomic E-state index is 5.61. The van der Waals surface area contributed by atoms with E-state index in [0.29, 0.717) is 6.10 Å². The fourth-order valence-corrected chi connectivity index (χ4v) is 1.83. The summed E-state index contributed by atoms with van der Waals surface area (Å²) >= 11 is 0. The quantitative estimate of drug-likeness (QED) is 0.723. The van der Waals surface area contributed by atoms with E-state index < -0.39 is 0 Å². The first-order valence-corrected chi connectivity index (χ1v) is 5.18. The van der Waals surface area contributed by atoms with E-state index in [9.17, 15) is 0 Å². The van der Waals surface area contributed by atoms with Gasteiger partial charge < -0.3 is 4.74 Å². The van der Waals surface area contributed by atoms with Crippen LogP contribution < -0.4 is 0 Å². The van der Waals surface area contributed by atoms with Gasteiger partial charge in [0.15, 0.2) is 0 Å². The summed E-state index contributed by atoms with van der Waals surface area (Å²) in [6.45, 7) is 1.87. The highest BCUT2D eigenvalue weighted by molar-refractivity contribution is 5.14. The molecule has 0 radical (unpaired) electrons. The summed E-state index contributed by atoms with van der Waals surface area (Å²) in [7, 11) is 2.10. The average molecular weight is 191 g/mol. The Balaban J connectivity index is 1.78. The van der Waals surface area contributed by atoms with Gasteiger partial charge in [-0.15, -0.1) is 0 Å². The van der Waals surface area contributed by atoms with Gasteiger partial charge in [-0.3, -0.25) is 4.90 Å². The molecule has 1 unspecified atom stereocenters. The normalized spacial score (nSPS) is 22.8. The Hall–Kier alpha value is -0.860. The Morgan fingerprint density at radius 1 is 1.36 bits per heavy atom. The zero-order valence-electron chi connectivity index (χ0n) is 8.65. The van der Waals surface area contributed by atoms with Crippen molar-refractivity contribution in [1.29, 1.82) is 0 Å². The molecule has 1 aromatic rings. The first kappa shape index (κ1) is 9.69. The molecule has 1 atom stereocenters. The van der Waals surface area contributed by atoms with Crippen LogP contribution in [-0.4, -0.2) is 31.3 Å². The highest BCUT2D eigenvalue weighted by atomic mass is 16.5. The first-order chi connectivity index (χ1) is 6.84. The number of likely N-dealkylation sites (N-methyl/N-ethyl adjacent to an activating group) is 1. The number of aryl methyl sites for hydroxylation is 1. The molecule has 0 saturated carbocycles. The van der Waals surface area contributed by atoms with E-state index >= 15 is 0 Å². The molecule has 0 aromatic heterocycles. The topological polar surface area (TPSA) is 12.5 Å². The van der Waals surface area contributed by atoms with E-state index in [1.165, 1.54) is 5.56 Å². The molecule has 76 valence electrons. The van der Waals surface area contributed by atoms with Crippen molar-refractivity contribution in [2.45, 2.75) is 18.9 Å². The van der Waals surface area contributed by atoms with Crippen LogP contribution in [0.2, 0.25) is 0 Å². The zero-order chi connectivity index (χ0) is 9.80. The molecule has 2 rings (SSSR count). The Morgan fingerprint density at radius 2 is 2.14 bits per heavy atom. The van der Waals surface area contributed by atoms with Gasteiger partial charge in [0.1, 0.15) is 0 Å². The summed E-state index contributed by atoms with van der Waals surface area (Å²) in [5.41, 5.74) is 1.41. The van der Waals surface area contributed by atoms with Crippen LogP contribution in [0.3, 0.4) is 0 Å². The van der Waals surface area contributed by atoms with E-state index in [1.54, 1.807) is 0 Å². The number of hydrogen-bond acceptors (Lipinski definition) is 2. The fourth-order valence-electron chi connectivity index (χ4n) is 1.83. The molecule has 1 saturated heterocycles. The molecule has 0 spiro atoms. The molecule has 2 nitrogen and oxygen atoms in total. The zero-order valence-corrected chi connectivity index (χ0v) is 8.65. The third-order valence-corrected chi connectivity index (χ3v) is 2.64. The van der Waals surface area contributed by atoms with Crippen LogP contribution in [0.25, 0.3) is 0 Å². The molecule has 0 amide bonds. The smallest absolute Gasteiger partial charge is 0.0993 e. The second kappa shape index (κ2) is 4.58. The molecule has 1 fully saturated rings. The van der Waals surface area contributed by atoms with Gasteiger partial charge in [0.25, 0.3) is 0 Å². The lowest BCUT2D eigenvalue weighted by Gasteiger charge is -2.08. The summed E-state index contributed by atoms with van der Waals surface area (Å²) in [6, 6.07) is 10.6. The van der Waals surface area contributed by atoms with Crippen LogP contribution in [0.1, 0.15) is 12.0 Å². The Kier molecular flexibility index (Phi) is 3.17. The van der Waals surface area contributed by atoms with Gasteiger partial charge in [0.05, 0.1) is 12.8 Å². The maximum atomic E-state index is 5.61. The van der Waals surface area contributed by atoms with E-state index in [2.05, 4.69) is 42.3 Å². The summed E-state index contributed by atoms with van der Waals surface area (Å²) in [4.78, 5) is 2.22. The molecule has 0 aliphatic carbocycles. The van der Waals surface area contributed by atoms with Crippen molar-refractivity contribution >= 4 is 0 Å². The predicted octanol–water partition coefficient (Wildman–Crippen LogP) is 1.91. The lowest BCUT2D eigenvalue weighted by Crippen LogP contribution is -2.17. The number of nitrogens with zero attached hydrogens (tertiary/aromatic N) is 1. The van der Waals surface area contributed by atoms with Crippen LogP contribution >= 0.6 is 0 Å². The van der Waals surface area contributed by atoms with E-state index in [4.69, 9.17) is 4.74 Å². The van der Waals surface area contributed by atoms with Crippen LogP contribution in [0.4, 0.5) is 0 Å². The Labute approximate surface area is 85.5 Å². The van der Waals surface area contributed by atoms with Gasteiger partial charge in [0, 0.05) is 6.54 Å². The number of benzene rings is 1. The van der Waals surface area contributed by atoms with Gasteiger partial charge >= 0.3 is 0 Å². The van der Waals surface area contributed by atoms with Crippen LogP contribution in [0.5, 0.6) is 0 Å². The minimum Gasteiger partial charge on any atom is -0.362 e. The van der Waals surface area contributed by atoms with E-state index in [0.717, 1.165) is 26.1 Å². The minimum atomic E-state index is 0.431. The van der Waals surface area contributed by atoms with Gasteiger partial charge in [-0.25, -0.2) is 0 Å².